The SMILES string of the molecule is CCC(Cl)c1cn(-c2cccc(F)c2F)nn1. The molecule has 0 amide bonds. The molecule has 0 fully saturated rings. The molecule has 1 atom stereocenters. The fourth-order valence-corrected chi connectivity index (χ4v) is 1.52. The largest absolute Gasteiger partial charge is 0.217 e. The van der Waals surface area contributed by atoms with Gasteiger partial charge in [0.05, 0.1) is 11.6 Å². The molecule has 1 unspecified atom stereocenters. The van der Waals surface area contributed by atoms with Crippen LogP contribution in [0.15, 0.2) is 24.4 Å². The lowest BCUT2D eigenvalue weighted by Gasteiger charge is -2.02. The van der Waals surface area contributed by atoms with Crippen molar-refractivity contribution in [1.29, 1.82) is 0 Å². The molecule has 1 heterocycles. The Hall–Kier alpha value is -1.49. The first-order valence-electron chi connectivity index (χ1n) is 5.14. The van der Waals surface area contributed by atoms with Crippen molar-refractivity contribution < 1.29 is 8.78 Å². The first-order valence-corrected chi connectivity index (χ1v) is 5.57. The van der Waals surface area contributed by atoms with E-state index in [9.17, 15) is 8.78 Å². The quantitative estimate of drug-likeness (QED) is 0.791. The van der Waals surface area contributed by atoms with Gasteiger partial charge in [-0.15, -0.1) is 16.7 Å². The maximum Gasteiger partial charge on any atom is 0.184 e. The molecule has 6 heteroatoms. The van der Waals surface area contributed by atoms with Crippen molar-refractivity contribution in [2.45, 2.75) is 18.7 Å². The van der Waals surface area contributed by atoms with E-state index in [2.05, 4.69) is 10.3 Å². The van der Waals surface area contributed by atoms with Gasteiger partial charge in [0.2, 0.25) is 0 Å². The van der Waals surface area contributed by atoms with Crippen LogP contribution in [0.25, 0.3) is 5.69 Å². The Morgan fingerprint density at radius 3 is 2.88 bits per heavy atom. The van der Waals surface area contributed by atoms with Gasteiger partial charge in [0.1, 0.15) is 11.4 Å². The van der Waals surface area contributed by atoms with Crippen LogP contribution < -0.4 is 0 Å². The van der Waals surface area contributed by atoms with Gasteiger partial charge < -0.3 is 0 Å². The third-order valence-electron chi connectivity index (χ3n) is 2.37. The minimum atomic E-state index is -0.952. The smallest absolute Gasteiger partial charge is 0.184 e. The number of hydrogen-bond acceptors (Lipinski definition) is 2. The molecule has 1 aromatic carbocycles. The summed E-state index contributed by atoms with van der Waals surface area (Å²) in [5, 5.41) is 7.28. The second-order valence-corrected chi connectivity index (χ2v) is 4.06. The monoisotopic (exact) mass is 257 g/mol. The van der Waals surface area contributed by atoms with Gasteiger partial charge in [-0.2, -0.15) is 0 Å². The number of benzene rings is 1. The summed E-state index contributed by atoms with van der Waals surface area (Å²) in [6.07, 6.45) is 2.19. The lowest BCUT2D eigenvalue weighted by molar-refractivity contribution is 0.500. The Bertz CT molecular complexity index is 527. The highest BCUT2D eigenvalue weighted by Gasteiger charge is 2.14. The molecule has 2 aromatic rings. The zero-order valence-electron chi connectivity index (χ0n) is 9.07. The maximum atomic E-state index is 13.5. The van der Waals surface area contributed by atoms with E-state index in [0.717, 1.165) is 6.07 Å². The predicted octanol–water partition coefficient (Wildman–Crippen LogP) is 3.24. The fraction of sp³-hybridized carbons (Fsp3) is 0.273. The third-order valence-corrected chi connectivity index (χ3v) is 2.90. The zero-order valence-corrected chi connectivity index (χ0v) is 9.83. The van der Waals surface area contributed by atoms with Crippen molar-refractivity contribution in [3.63, 3.8) is 0 Å². The molecule has 3 nitrogen and oxygen atoms in total. The van der Waals surface area contributed by atoms with Crippen LogP contribution in [0.2, 0.25) is 0 Å². The van der Waals surface area contributed by atoms with E-state index >= 15 is 0 Å². The minimum Gasteiger partial charge on any atom is -0.217 e. The fourth-order valence-electron chi connectivity index (χ4n) is 1.42. The van der Waals surface area contributed by atoms with Gasteiger partial charge in [-0.25, -0.2) is 13.5 Å². The summed E-state index contributed by atoms with van der Waals surface area (Å²) in [5.74, 6) is -1.87. The summed E-state index contributed by atoms with van der Waals surface area (Å²) in [5.41, 5.74) is 0.557. The molecule has 1 aromatic heterocycles. The highest BCUT2D eigenvalue weighted by molar-refractivity contribution is 6.20. The molecule has 0 spiro atoms. The molecular weight excluding hydrogens is 248 g/mol. The maximum absolute atomic E-state index is 13.5. The van der Waals surface area contributed by atoms with Crippen molar-refractivity contribution in [2.24, 2.45) is 0 Å². The van der Waals surface area contributed by atoms with Crippen molar-refractivity contribution in [3.05, 3.63) is 41.7 Å². The molecule has 0 aliphatic rings. The average molecular weight is 258 g/mol. The Morgan fingerprint density at radius 2 is 2.18 bits per heavy atom. The lowest BCUT2D eigenvalue weighted by Crippen LogP contribution is -2.00. The molecule has 0 bridgehead atoms. The Morgan fingerprint density at radius 1 is 1.41 bits per heavy atom. The molecule has 0 aliphatic heterocycles. The number of nitrogens with zero attached hydrogens (tertiary/aromatic N) is 3. The van der Waals surface area contributed by atoms with Crippen LogP contribution in [0.1, 0.15) is 24.4 Å². The zero-order chi connectivity index (χ0) is 12.4. The first-order chi connectivity index (χ1) is 8.13. The van der Waals surface area contributed by atoms with Crippen molar-refractivity contribution in [2.75, 3.05) is 0 Å². The van der Waals surface area contributed by atoms with Crippen molar-refractivity contribution >= 4 is 11.6 Å². The van der Waals surface area contributed by atoms with Crippen LogP contribution in [0, 0.1) is 11.6 Å². The molecular formula is C11H10ClF2N3. The molecule has 0 saturated heterocycles. The van der Waals surface area contributed by atoms with E-state index in [1.54, 1.807) is 0 Å². The Kier molecular flexibility index (Phi) is 3.38. The lowest BCUT2D eigenvalue weighted by atomic mass is 10.2. The Balaban J connectivity index is 2.40. The number of hydrogen-bond donors (Lipinski definition) is 0. The van der Waals surface area contributed by atoms with Gasteiger partial charge >= 0.3 is 0 Å². The van der Waals surface area contributed by atoms with Crippen LogP contribution >= 0.6 is 11.6 Å². The highest BCUT2D eigenvalue weighted by atomic mass is 35.5. The number of halogens is 3. The third kappa shape index (κ3) is 2.29. The molecule has 0 radical (unpaired) electrons. The summed E-state index contributed by atoms with van der Waals surface area (Å²) in [6.45, 7) is 1.90. The second-order valence-electron chi connectivity index (χ2n) is 3.54. The molecule has 90 valence electrons. The van der Waals surface area contributed by atoms with Gasteiger partial charge in [-0.05, 0) is 18.6 Å². The molecule has 17 heavy (non-hydrogen) atoms. The van der Waals surface area contributed by atoms with Gasteiger partial charge in [0, 0.05) is 0 Å². The Labute approximate surface area is 102 Å². The van der Waals surface area contributed by atoms with Gasteiger partial charge in [0.25, 0.3) is 0 Å². The summed E-state index contributed by atoms with van der Waals surface area (Å²) in [7, 11) is 0. The van der Waals surface area contributed by atoms with Crippen LogP contribution in [0.3, 0.4) is 0 Å². The summed E-state index contributed by atoms with van der Waals surface area (Å²) in [6, 6.07) is 3.88. The van der Waals surface area contributed by atoms with E-state index < -0.39 is 11.6 Å². The normalized spacial score (nSPS) is 12.7. The minimum absolute atomic E-state index is 0.0173. The summed E-state index contributed by atoms with van der Waals surface area (Å²) >= 11 is 5.98. The topological polar surface area (TPSA) is 30.7 Å². The highest BCUT2D eigenvalue weighted by Crippen LogP contribution is 2.22. The average Bonchev–Trinajstić information content (AvgIpc) is 2.81. The van der Waals surface area contributed by atoms with E-state index in [1.165, 1.54) is 23.0 Å². The van der Waals surface area contributed by atoms with Crippen LogP contribution in [-0.2, 0) is 0 Å². The molecule has 0 aliphatic carbocycles. The van der Waals surface area contributed by atoms with E-state index in [-0.39, 0.29) is 11.1 Å². The molecule has 0 N–H and O–H groups in total. The predicted molar refractivity (Wildman–Crippen MR) is 60.2 cm³/mol. The van der Waals surface area contributed by atoms with Gasteiger partial charge in [-0.1, -0.05) is 18.2 Å². The summed E-state index contributed by atoms with van der Waals surface area (Å²) < 4.78 is 27.7. The van der Waals surface area contributed by atoms with Crippen LogP contribution in [0.5, 0.6) is 0 Å². The van der Waals surface area contributed by atoms with Crippen LogP contribution in [-0.4, -0.2) is 15.0 Å². The van der Waals surface area contributed by atoms with E-state index in [1.807, 2.05) is 6.92 Å². The summed E-state index contributed by atoms with van der Waals surface area (Å²) in [4.78, 5) is 0. The standard InChI is InChI=1S/C11H10ClF2N3/c1-2-7(12)9-6-17(16-15-9)10-5-3-4-8(13)11(10)14/h3-7H,2H2,1H3. The van der Waals surface area contributed by atoms with E-state index in [4.69, 9.17) is 11.6 Å². The number of rotatable bonds is 3. The number of alkyl halides is 1. The molecule has 0 saturated carbocycles. The van der Waals surface area contributed by atoms with Gasteiger partial charge in [-0.3, -0.25) is 0 Å². The van der Waals surface area contributed by atoms with Crippen LogP contribution in [0.4, 0.5) is 8.78 Å². The number of aromatic nitrogens is 3. The van der Waals surface area contributed by atoms with Gasteiger partial charge in [0.15, 0.2) is 11.6 Å². The first kappa shape index (κ1) is 12.0. The van der Waals surface area contributed by atoms with E-state index in [0.29, 0.717) is 12.1 Å². The molecule has 2 rings (SSSR count). The second kappa shape index (κ2) is 4.79. The van der Waals surface area contributed by atoms with Crippen molar-refractivity contribution in [3.8, 4) is 5.69 Å². The van der Waals surface area contributed by atoms with Crippen molar-refractivity contribution in [1.82, 2.24) is 15.0 Å².